The summed E-state index contributed by atoms with van der Waals surface area (Å²) in [7, 11) is 0. The highest BCUT2D eigenvalue weighted by Crippen LogP contribution is 2.67. The molecule has 0 unspecified atom stereocenters. The highest BCUT2D eigenvalue weighted by Gasteiger charge is 2.58. The van der Waals surface area contributed by atoms with Crippen molar-refractivity contribution in [2.24, 2.45) is 46.3 Å². The molecule has 0 aromatic carbocycles. The Morgan fingerprint density at radius 2 is 1.76 bits per heavy atom. The van der Waals surface area contributed by atoms with E-state index in [1.807, 2.05) is 0 Å². The van der Waals surface area contributed by atoms with Gasteiger partial charge in [-0.3, -0.25) is 0 Å². The van der Waals surface area contributed by atoms with E-state index in [-0.39, 0.29) is 11.5 Å². The van der Waals surface area contributed by atoms with Gasteiger partial charge in [0.15, 0.2) is 6.29 Å². The summed E-state index contributed by atoms with van der Waals surface area (Å²) in [5.41, 5.74) is 3.62. The highest BCUT2D eigenvalue weighted by molar-refractivity contribution is 5.28. The molecular weight excluding hydrogens is 516 g/mol. The Bertz CT molecular complexity index is 1000. The van der Waals surface area contributed by atoms with Crippen LogP contribution in [0.3, 0.4) is 0 Å². The summed E-state index contributed by atoms with van der Waals surface area (Å²) in [6, 6.07) is 0. The normalized spacial score (nSPS) is 47.7. The molecule has 5 rings (SSSR count). The Kier molecular flexibility index (Phi) is 9.32. The summed E-state index contributed by atoms with van der Waals surface area (Å²) in [5.74, 6) is 3.61. The van der Waals surface area contributed by atoms with Crippen LogP contribution in [0.1, 0.15) is 92.4 Å². The van der Waals surface area contributed by atoms with Gasteiger partial charge in [-0.2, -0.15) is 0 Å². The zero-order valence-electron chi connectivity index (χ0n) is 26.0. The Morgan fingerprint density at radius 1 is 1.05 bits per heavy atom. The van der Waals surface area contributed by atoms with E-state index in [9.17, 15) is 20.4 Å². The van der Waals surface area contributed by atoms with E-state index in [0.29, 0.717) is 35.0 Å². The number of hydrogen-bond acceptors (Lipinski definition) is 6. The molecule has 5 aliphatic rings. The number of aliphatic hydroxyl groups excluding tert-OH is 4. The van der Waals surface area contributed by atoms with Gasteiger partial charge in [0.2, 0.25) is 0 Å². The molecule has 1 heterocycles. The second-order valence-electron chi connectivity index (χ2n) is 14.8. The van der Waals surface area contributed by atoms with Crippen LogP contribution in [-0.2, 0) is 9.47 Å². The first kappa shape index (κ1) is 31.4. The van der Waals surface area contributed by atoms with Crippen molar-refractivity contribution in [2.45, 2.75) is 129 Å². The van der Waals surface area contributed by atoms with E-state index >= 15 is 0 Å². The monoisotopic (exact) mass is 572 g/mol. The SMILES string of the molecule is C=C(C)[C@H](C=C[C@@H](C)[C@H]1CC[C@H]2C3=CC[C@@H]4C[C@@H](O[C@@H]5O[C@H](CO)[C@@H](O)[C@H](O)[C@H]5O)CC[C@]4(C)[C@H]3CC[C@]12C)CC. The number of aliphatic hydroxyl groups is 4. The van der Waals surface area contributed by atoms with Crippen molar-refractivity contribution in [3.05, 3.63) is 36.0 Å². The predicted octanol–water partition coefficient (Wildman–Crippen LogP) is 5.55. The second kappa shape index (κ2) is 12.2. The summed E-state index contributed by atoms with van der Waals surface area (Å²) in [5, 5.41) is 40.4. The minimum absolute atomic E-state index is 0.0760. The molecule has 3 saturated carbocycles. The van der Waals surface area contributed by atoms with E-state index in [0.717, 1.165) is 38.0 Å². The van der Waals surface area contributed by atoms with Gasteiger partial charge in [0, 0.05) is 0 Å². The van der Waals surface area contributed by atoms with Gasteiger partial charge in [0.1, 0.15) is 24.4 Å². The molecule has 0 radical (unpaired) electrons. The zero-order chi connectivity index (χ0) is 29.7. The third kappa shape index (κ3) is 5.55. The lowest BCUT2D eigenvalue weighted by atomic mass is 9.47. The van der Waals surface area contributed by atoms with Crippen LogP contribution in [0.4, 0.5) is 0 Å². The summed E-state index contributed by atoms with van der Waals surface area (Å²) >= 11 is 0. The van der Waals surface area contributed by atoms with Gasteiger partial charge >= 0.3 is 0 Å². The molecule has 41 heavy (non-hydrogen) atoms. The van der Waals surface area contributed by atoms with Gasteiger partial charge in [-0.25, -0.2) is 0 Å². The van der Waals surface area contributed by atoms with E-state index in [2.05, 4.69) is 59.4 Å². The van der Waals surface area contributed by atoms with Crippen molar-refractivity contribution in [3.8, 4) is 0 Å². The Labute approximate surface area is 247 Å². The maximum absolute atomic E-state index is 10.5. The van der Waals surface area contributed by atoms with Gasteiger partial charge in [-0.1, -0.05) is 63.6 Å². The molecule has 1 saturated heterocycles. The highest BCUT2D eigenvalue weighted by atomic mass is 16.7. The standard InChI is InChI=1S/C35H56O6/c1-7-22(20(2)3)9-8-21(4)26-12-13-27-25-11-10-23-18-24(14-16-34(23,5)28(25)15-17-35(26,27)6)40-33-32(39)31(38)30(37)29(19-36)41-33/h8-9,11,21-24,26-33,36-39H,2,7,10,12-19H2,1,3-6H3/t21-,22+,23-,24+,26-,27+,28+,29-,30-,31+,32-,33-,34+,35-/m1/s1. The van der Waals surface area contributed by atoms with Crippen molar-refractivity contribution in [3.63, 3.8) is 0 Å². The number of ether oxygens (including phenoxy) is 2. The molecule has 0 aromatic rings. The van der Waals surface area contributed by atoms with Crippen molar-refractivity contribution < 1.29 is 29.9 Å². The average molecular weight is 573 g/mol. The lowest BCUT2D eigenvalue weighted by molar-refractivity contribution is -0.315. The first-order valence-electron chi connectivity index (χ1n) is 16.4. The Balaban J connectivity index is 1.26. The van der Waals surface area contributed by atoms with Crippen LogP contribution >= 0.6 is 0 Å². The van der Waals surface area contributed by atoms with E-state index in [1.54, 1.807) is 5.57 Å². The molecule has 0 bridgehead atoms. The summed E-state index contributed by atoms with van der Waals surface area (Å²) in [6.07, 6.45) is 11.6. The van der Waals surface area contributed by atoms with Crippen LogP contribution in [0, 0.1) is 46.3 Å². The number of fused-ring (bicyclic) bond motifs is 5. The topological polar surface area (TPSA) is 99.4 Å². The van der Waals surface area contributed by atoms with E-state index in [4.69, 9.17) is 9.47 Å². The third-order valence-corrected chi connectivity index (χ3v) is 12.6. The van der Waals surface area contributed by atoms with Crippen molar-refractivity contribution in [1.82, 2.24) is 0 Å². The maximum atomic E-state index is 10.5. The minimum atomic E-state index is -1.40. The van der Waals surface area contributed by atoms with Gasteiger partial charge in [0.25, 0.3) is 0 Å². The lowest BCUT2D eigenvalue weighted by Crippen LogP contribution is -2.60. The molecule has 6 heteroatoms. The van der Waals surface area contributed by atoms with E-state index < -0.39 is 37.3 Å². The fourth-order valence-electron chi connectivity index (χ4n) is 9.96. The van der Waals surface area contributed by atoms with Crippen LogP contribution in [0.2, 0.25) is 0 Å². The van der Waals surface area contributed by atoms with Gasteiger partial charge in [0.05, 0.1) is 12.7 Å². The average Bonchev–Trinajstić information content (AvgIpc) is 3.30. The van der Waals surface area contributed by atoms with Crippen LogP contribution in [-0.4, -0.2) is 63.8 Å². The Hall–Kier alpha value is -1.02. The van der Waals surface area contributed by atoms with Crippen molar-refractivity contribution in [1.29, 1.82) is 0 Å². The quantitative estimate of drug-likeness (QED) is 0.285. The van der Waals surface area contributed by atoms with Crippen LogP contribution in [0.15, 0.2) is 36.0 Å². The van der Waals surface area contributed by atoms with Crippen molar-refractivity contribution >= 4 is 0 Å². The molecule has 4 N–H and O–H groups in total. The maximum Gasteiger partial charge on any atom is 0.186 e. The first-order chi connectivity index (χ1) is 19.4. The van der Waals surface area contributed by atoms with Crippen LogP contribution in [0.25, 0.3) is 0 Å². The largest absolute Gasteiger partial charge is 0.394 e. The van der Waals surface area contributed by atoms with Gasteiger partial charge in [-0.15, -0.1) is 0 Å². The van der Waals surface area contributed by atoms with Gasteiger partial charge in [-0.05, 0) is 111 Å². The molecule has 1 aliphatic heterocycles. The molecule has 0 amide bonds. The summed E-state index contributed by atoms with van der Waals surface area (Å²) in [4.78, 5) is 0. The number of allylic oxidation sites excluding steroid dienone is 5. The smallest absolute Gasteiger partial charge is 0.186 e. The summed E-state index contributed by atoms with van der Waals surface area (Å²) in [6.45, 7) is 15.7. The van der Waals surface area contributed by atoms with Gasteiger partial charge < -0.3 is 29.9 Å². The first-order valence-corrected chi connectivity index (χ1v) is 16.4. The molecule has 4 aliphatic carbocycles. The molecule has 6 nitrogen and oxygen atoms in total. The Morgan fingerprint density at radius 3 is 2.44 bits per heavy atom. The fraction of sp³-hybridized carbons (Fsp3) is 0.829. The molecule has 232 valence electrons. The number of rotatable bonds is 8. The number of hydrogen-bond donors (Lipinski definition) is 4. The zero-order valence-corrected chi connectivity index (χ0v) is 26.0. The predicted molar refractivity (Wildman–Crippen MR) is 161 cm³/mol. The van der Waals surface area contributed by atoms with Crippen molar-refractivity contribution in [2.75, 3.05) is 6.61 Å². The summed E-state index contributed by atoms with van der Waals surface area (Å²) < 4.78 is 11.9. The fourth-order valence-corrected chi connectivity index (χ4v) is 9.96. The molecule has 4 fully saturated rings. The molecule has 0 spiro atoms. The van der Waals surface area contributed by atoms with Crippen LogP contribution in [0.5, 0.6) is 0 Å². The second-order valence-corrected chi connectivity index (χ2v) is 14.8. The van der Waals surface area contributed by atoms with Crippen LogP contribution < -0.4 is 0 Å². The third-order valence-electron chi connectivity index (χ3n) is 12.6. The molecule has 14 atom stereocenters. The lowest BCUT2D eigenvalue weighted by Gasteiger charge is -2.58. The minimum Gasteiger partial charge on any atom is -0.394 e. The molecular formula is C35H56O6. The molecule has 0 aromatic heterocycles. The van der Waals surface area contributed by atoms with E-state index in [1.165, 1.54) is 31.3 Å².